The van der Waals surface area contributed by atoms with Crippen LogP contribution in [0.25, 0.3) is 0 Å². The van der Waals surface area contributed by atoms with Gasteiger partial charge in [0.1, 0.15) is 0 Å². The predicted molar refractivity (Wildman–Crippen MR) is 72.9 cm³/mol. The predicted octanol–water partition coefficient (Wildman–Crippen LogP) is 0.0883. The lowest BCUT2D eigenvalue weighted by atomic mass is 10.1. The van der Waals surface area contributed by atoms with Crippen molar-refractivity contribution in [3.05, 3.63) is 0 Å². The average Bonchev–Trinajstić information content (AvgIpc) is 3.02. The number of carbonyl (C=O) groups excluding carboxylic acids is 1. The molecule has 2 rings (SSSR count). The quantitative estimate of drug-likeness (QED) is 0.726. The lowest BCUT2D eigenvalue weighted by molar-refractivity contribution is -0.135. The average molecular weight is 290 g/mol. The first-order valence-electron chi connectivity index (χ1n) is 6.18. The molecule has 1 saturated heterocycles. The second-order valence-electron chi connectivity index (χ2n) is 5.08. The molecule has 0 radical (unpaired) electrons. The van der Waals surface area contributed by atoms with Crippen LogP contribution in [-0.2, 0) is 14.6 Å². The first kappa shape index (κ1) is 13.7. The Morgan fingerprint density at radius 1 is 1.33 bits per heavy atom. The van der Waals surface area contributed by atoms with Crippen molar-refractivity contribution in [2.24, 2.45) is 11.7 Å². The summed E-state index contributed by atoms with van der Waals surface area (Å²) in [6.07, 6.45) is 2.97. The minimum atomic E-state index is -3.01. The van der Waals surface area contributed by atoms with E-state index in [0.717, 1.165) is 12.8 Å². The fraction of sp³-hybridized carbons (Fsp3) is 0.818. The summed E-state index contributed by atoms with van der Waals surface area (Å²) in [4.78, 5) is 14.5. The Morgan fingerprint density at radius 2 is 2.00 bits per heavy atom. The second kappa shape index (κ2) is 5.13. The molecule has 5 nitrogen and oxygen atoms in total. The van der Waals surface area contributed by atoms with Gasteiger partial charge < -0.3 is 10.6 Å². The molecule has 1 heterocycles. The molecular formula is C11H18N2O3S2. The molecule has 0 aromatic rings. The summed E-state index contributed by atoms with van der Waals surface area (Å²) in [6.45, 7) is 0.523. The highest BCUT2D eigenvalue weighted by molar-refractivity contribution is 7.91. The topological polar surface area (TPSA) is 80.5 Å². The summed E-state index contributed by atoms with van der Waals surface area (Å²) >= 11 is 4.82. The Morgan fingerprint density at radius 3 is 2.44 bits per heavy atom. The van der Waals surface area contributed by atoms with Crippen molar-refractivity contribution in [1.82, 2.24) is 4.90 Å². The number of nitrogens with two attached hydrogens (primary N) is 1. The summed E-state index contributed by atoms with van der Waals surface area (Å²) in [5.41, 5.74) is 5.46. The third-order valence-corrected chi connectivity index (χ3v) is 5.42. The maximum absolute atomic E-state index is 12.3. The summed E-state index contributed by atoms with van der Waals surface area (Å²) in [6, 6.07) is 0.273. The smallest absolute Gasteiger partial charge is 0.227 e. The molecule has 2 aliphatic rings. The Labute approximate surface area is 113 Å². The highest BCUT2D eigenvalue weighted by atomic mass is 32.2. The zero-order chi connectivity index (χ0) is 13.3. The minimum Gasteiger partial charge on any atom is -0.393 e. The third kappa shape index (κ3) is 3.41. The fourth-order valence-corrected chi connectivity index (χ4v) is 4.14. The van der Waals surface area contributed by atoms with Gasteiger partial charge in [-0.3, -0.25) is 4.79 Å². The zero-order valence-corrected chi connectivity index (χ0v) is 11.8. The van der Waals surface area contributed by atoms with Crippen molar-refractivity contribution >= 4 is 33.0 Å². The highest BCUT2D eigenvalue weighted by Gasteiger charge is 2.40. The van der Waals surface area contributed by atoms with Gasteiger partial charge in [-0.2, -0.15) is 0 Å². The maximum atomic E-state index is 12.3. The standard InChI is InChI=1S/C11H18N2O3S2/c12-10(17)3-5-13(9-1-2-9)11(14)8-4-6-18(15,16)7-8/h8-9H,1-7H2,(H2,12,17). The summed E-state index contributed by atoms with van der Waals surface area (Å²) < 4.78 is 22.8. The summed E-state index contributed by atoms with van der Waals surface area (Å²) in [5, 5.41) is 0. The number of rotatable bonds is 5. The number of sulfone groups is 1. The van der Waals surface area contributed by atoms with Crippen molar-refractivity contribution in [3.63, 3.8) is 0 Å². The molecular weight excluding hydrogens is 272 g/mol. The molecule has 2 N–H and O–H groups in total. The van der Waals surface area contributed by atoms with E-state index in [4.69, 9.17) is 18.0 Å². The van der Waals surface area contributed by atoms with Gasteiger partial charge in [-0.05, 0) is 19.3 Å². The van der Waals surface area contributed by atoms with Gasteiger partial charge in [0.25, 0.3) is 0 Å². The first-order chi connectivity index (χ1) is 8.39. The van der Waals surface area contributed by atoms with Crippen molar-refractivity contribution < 1.29 is 13.2 Å². The Hall–Kier alpha value is -0.690. The Balaban J connectivity index is 1.98. The van der Waals surface area contributed by atoms with E-state index in [2.05, 4.69) is 0 Å². The van der Waals surface area contributed by atoms with E-state index < -0.39 is 9.84 Å². The van der Waals surface area contributed by atoms with E-state index in [1.807, 2.05) is 0 Å². The maximum Gasteiger partial charge on any atom is 0.227 e. The van der Waals surface area contributed by atoms with Gasteiger partial charge in [-0.25, -0.2) is 8.42 Å². The van der Waals surface area contributed by atoms with E-state index in [9.17, 15) is 13.2 Å². The molecule has 0 spiro atoms. The Bertz CT molecular complexity index is 457. The molecule has 1 aliphatic heterocycles. The van der Waals surface area contributed by atoms with Crippen LogP contribution in [0.3, 0.4) is 0 Å². The molecule has 1 unspecified atom stereocenters. The highest BCUT2D eigenvalue weighted by Crippen LogP contribution is 2.30. The van der Waals surface area contributed by atoms with Gasteiger partial charge in [0.2, 0.25) is 5.91 Å². The number of thiocarbonyl (C=S) groups is 1. The van der Waals surface area contributed by atoms with Crippen LogP contribution in [0.1, 0.15) is 25.7 Å². The van der Waals surface area contributed by atoms with Gasteiger partial charge in [0.15, 0.2) is 9.84 Å². The van der Waals surface area contributed by atoms with Crippen LogP contribution >= 0.6 is 12.2 Å². The van der Waals surface area contributed by atoms with Crippen LogP contribution < -0.4 is 5.73 Å². The van der Waals surface area contributed by atoms with Gasteiger partial charge in [-0.1, -0.05) is 12.2 Å². The normalized spacial score (nSPS) is 25.9. The van der Waals surface area contributed by atoms with Crippen LogP contribution in [-0.4, -0.2) is 48.3 Å². The molecule has 7 heteroatoms. The van der Waals surface area contributed by atoms with E-state index in [-0.39, 0.29) is 29.4 Å². The van der Waals surface area contributed by atoms with Crippen molar-refractivity contribution in [2.75, 3.05) is 18.1 Å². The van der Waals surface area contributed by atoms with E-state index >= 15 is 0 Å². The number of hydrogen-bond acceptors (Lipinski definition) is 4. The summed E-state index contributed by atoms with van der Waals surface area (Å²) in [5.74, 6) is -0.254. The van der Waals surface area contributed by atoms with E-state index in [1.165, 1.54) is 0 Å². The van der Waals surface area contributed by atoms with Crippen molar-refractivity contribution in [2.45, 2.75) is 31.7 Å². The van der Waals surface area contributed by atoms with Crippen LogP contribution in [0.5, 0.6) is 0 Å². The van der Waals surface area contributed by atoms with Gasteiger partial charge in [-0.15, -0.1) is 0 Å². The van der Waals surface area contributed by atoms with E-state index in [0.29, 0.717) is 24.4 Å². The lowest BCUT2D eigenvalue weighted by Gasteiger charge is -2.25. The molecule has 1 atom stereocenters. The first-order valence-corrected chi connectivity index (χ1v) is 8.41. The second-order valence-corrected chi connectivity index (χ2v) is 7.83. The molecule has 2 fully saturated rings. The molecule has 102 valence electrons. The third-order valence-electron chi connectivity index (χ3n) is 3.45. The molecule has 1 amide bonds. The number of amides is 1. The van der Waals surface area contributed by atoms with Gasteiger partial charge >= 0.3 is 0 Å². The van der Waals surface area contributed by atoms with Crippen molar-refractivity contribution in [1.29, 1.82) is 0 Å². The molecule has 0 bridgehead atoms. The molecule has 18 heavy (non-hydrogen) atoms. The number of hydrogen-bond donors (Lipinski definition) is 1. The molecule has 0 aromatic heterocycles. The molecule has 1 aliphatic carbocycles. The van der Waals surface area contributed by atoms with Crippen LogP contribution in [0, 0.1) is 5.92 Å². The monoisotopic (exact) mass is 290 g/mol. The lowest BCUT2D eigenvalue weighted by Crippen LogP contribution is -2.40. The fourth-order valence-electron chi connectivity index (χ4n) is 2.31. The van der Waals surface area contributed by atoms with Crippen LogP contribution in [0.15, 0.2) is 0 Å². The minimum absolute atomic E-state index is 0.00211. The SMILES string of the molecule is NC(=S)CCN(C(=O)C1CCS(=O)(=O)C1)C1CC1. The van der Waals surface area contributed by atoms with Crippen molar-refractivity contribution in [3.8, 4) is 0 Å². The Kier molecular flexibility index (Phi) is 3.91. The summed E-state index contributed by atoms with van der Waals surface area (Å²) in [7, 11) is -3.01. The van der Waals surface area contributed by atoms with E-state index in [1.54, 1.807) is 4.90 Å². The van der Waals surface area contributed by atoms with Crippen LogP contribution in [0.2, 0.25) is 0 Å². The van der Waals surface area contributed by atoms with Gasteiger partial charge in [0, 0.05) is 19.0 Å². The van der Waals surface area contributed by atoms with Crippen LogP contribution in [0.4, 0.5) is 0 Å². The number of carbonyl (C=O) groups is 1. The largest absolute Gasteiger partial charge is 0.393 e. The molecule has 1 saturated carbocycles. The zero-order valence-electron chi connectivity index (χ0n) is 10.2. The molecule has 0 aromatic carbocycles. The number of nitrogens with zero attached hydrogens (tertiary/aromatic N) is 1. The van der Waals surface area contributed by atoms with Gasteiger partial charge in [0.05, 0.1) is 22.4 Å².